The molecule has 2 N–H and O–H groups in total. The average molecular weight is 538 g/mol. The van der Waals surface area contributed by atoms with Crippen molar-refractivity contribution in [3.05, 3.63) is 30.0 Å². The molecule has 1 unspecified atom stereocenters. The number of carbonyl (C=O) groups excluding carboxylic acids is 2. The van der Waals surface area contributed by atoms with Crippen LogP contribution in [0.2, 0.25) is 0 Å². The van der Waals surface area contributed by atoms with Crippen LogP contribution in [-0.2, 0) is 9.53 Å². The molecule has 2 aromatic rings. The summed E-state index contributed by atoms with van der Waals surface area (Å²) in [5, 5.41) is 6.24. The van der Waals surface area contributed by atoms with E-state index in [1.54, 1.807) is 43.5 Å². The highest BCUT2D eigenvalue weighted by Crippen LogP contribution is 2.37. The first-order valence-electron chi connectivity index (χ1n) is 13.8. The van der Waals surface area contributed by atoms with Gasteiger partial charge in [-0.3, -0.25) is 14.5 Å². The van der Waals surface area contributed by atoms with Gasteiger partial charge in [0, 0.05) is 37.8 Å². The van der Waals surface area contributed by atoms with Crippen LogP contribution in [0.15, 0.2) is 24.4 Å². The zero-order valence-corrected chi connectivity index (χ0v) is 23.4. The van der Waals surface area contributed by atoms with Crippen molar-refractivity contribution in [2.75, 3.05) is 55.5 Å². The van der Waals surface area contributed by atoms with E-state index in [4.69, 9.17) is 14.5 Å². The highest BCUT2D eigenvalue weighted by Gasteiger charge is 2.38. The lowest BCUT2D eigenvalue weighted by Gasteiger charge is -2.42. The quantitative estimate of drug-likeness (QED) is 0.525. The van der Waals surface area contributed by atoms with Crippen LogP contribution in [0.25, 0.3) is 0 Å². The Morgan fingerprint density at radius 3 is 2.87 bits per heavy atom. The lowest BCUT2D eigenvalue weighted by Crippen LogP contribution is -2.54. The number of rotatable bonds is 8. The van der Waals surface area contributed by atoms with Gasteiger partial charge in [0.1, 0.15) is 17.5 Å². The number of hydrogen-bond donors (Lipinski definition) is 2. The molecule has 0 saturated carbocycles. The smallest absolute Gasteiger partial charge is 0.251 e. The van der Waals surface area contributed by atoms with Crippen LogP contribution in [-0.4, -0.2) is 91.3 Å². The minimum Gasteiger partial charge on any atom is -0.495 e. The summed E-state index contributed by atoms with van der Waals surface area (Å²) >= 11 is 0. The van der Waals surface area contributed by atoms with Gasteiger partial charge in [0.05, 0.1) is 31.7 Å². The van der Waals surface area contributed by atoms with Crippen molar-refractivity contribution < 1.29 is 19.1 Å². The maximum Gasteiger partial charge on any atom is 0.251 e. The molecule has 5 rings (SSSR count). The zero-order chi connectivity index (χ0) is 27.7. The second-order valence-electron chi connectivity index (χ2n) is 10.7. The predicted octanol–water partition coefficient (Wildman–Crippen LogP) is 2.79. The standard InChI is InChI=1S/C28H39N7O4/c1-6-22-27(37)33(4)23-14-30-28(32-25(23)35(22)17(2)3)31-21-10-9-18(12-24(21)38-5)26(36)29-13-20-15-34-11-7-8-19(34)16-39-20/h9-10,12,14,17,19-20,22H,6-8,11,13,15-16H2,1-5H3,(H,29,36)(H,30,31,32)/t19-,20?,22-/m1/s1. The molecule has 4 heterocycles. The molecule has 1 aromatic carbocycles. The number of aromatic nitrogens is 2. The Labute approximate surface area is 229 Å². The maximum absolute atomic E-state index is 12.9. The summed E-state index contributed by atoms with van der Waals surface area (Å²) in [4.78, 5) is 41.2. The van der Waals surface area contributed by atoms with Gasteiger partial charge in [-0.05, 0) is 57.9 Å². The van der Waals surface area contributed by atoms with E-state index in [0.717, 1.165) is 19.7 Å². The van der Waals surface area contributed by atoms with Gasteiger partial charge in [-0.15, -0.1) is 0 Å². The molecule has 0 radical (unpaired) electrons. The summed E-state index contributed by atoms with van der Waals surface area (Å²) < 4.78 is 11.6. The topological polar surface area (TPSA) is 112 Å². The van der Waals surface area contributed by atoms with Gasteiger partial charge in [-0.25, -0.2) is 4.98 Å². The fraction of sp³-hybridized carbons (Fsp3) is 0.571. The molecule has 3 atom stereocenters. The molecule has 39 heavy (non-hydrogen) atoms. The van der Waals surface area contributed by atoms with Gasteiger partial charge in [0.25, 0.3) is 5.91 Å². The number of ether oxygens (including phenoxy) is 2. The number of fused-ring (bicyclic) bond motifs is 2. The predicted molar refractivity (Wildman–Crippen MR) is 150 cm³/mol. The van der Waals surface area contributed by atoms with Gasteiger partial charge in [-0.1, -0.05) is 6.92 Å². The van der Waals surface area contributed by atoms with E-state index >= 15 is 0 Å². The number of nitrogens with one attached hydrogen (secondary N) is 2. The number of nitrogens with zero attached hydrogens (tertiary/aromatic N) is 5. The number of morpholine rings is 1. The lowest BCUT2D eigenvalue weighted by molar-refractivity contribution is -0.120. The summed E-state index contributed by atoms with van der Waals surface area (Å²) in [5.74, 6) is 1.44. The third kappa shape index (κ3) is 5.38. The molecular formula is C28H39N7O4. The van der Waals surface area contributed by atoms with E-state index in [-0.39, 0.29) is 30.0 Å². The van der Waals surface area contributed by atoms with E-state index < -0.39 is 0 Å². The Balaban J connectivity index is 1.29. The summed E-state index contributed by atoms with van der Waals surface area (Å²) in [5.41, 5.74) is 1.80. The number of anilines is 4. The molecule has 2 saturated heterocycles. The van der Waals surface area contributed by atoms with Crippen LogP contribution >= 0.6 is 0 Å². The molecule has 3 aliphatic heterocycles. The molecule has 2 amide bonds. The first-order chi connectivity index (χ1) is 18.8. The molecule has 0 spiro atoms. The second-order valence-corrected chi connectivity index (χ2v) is 10.7. The van der Waals surface area contributed by atoms with E-state index in [1.807, 2.05) is 6.92 Å². The van der Waals surface area contributed by atoms with Gasteiger partial charge in [-0.2, -0.15) is 4.98 Å². The van der Waals surface area contributed by atoms with Crippen molar-refractivity contribution in [3.63, 3.8) is 0 Å². The van der Waals surface area contributed by atoms with Crippen molar-refractivity contribution in [1.82, 2.24) is 20.2 Å². The van der Waals surface area contributed by atoms with Crippen LogP contribution in [0.1, 0.15) is 50.4 Å². The molecule has 210 valence electrons. The number of benzene rings is 1. The monoisotopic (exact) mass is 537 g/mol. The third-order valence-electron chi connectivity index (χ3n) is 7.91. The first kappa shape index (κ1) is 27.1. The molecular weight excluding hydrogens is 498 g/mol. The fourth-order valence-electron chi connectivity index (χ4n) is 5.81. The normalized spacial score (nSPS) is 23.0. The van der Waals surface area contributed by atoms with Crippen molar-refractivity contribution in [2.45, 2.75) is 64.3 Å². The van der Waals surface area contributed by atoms with E-state index in [1.165, 1.54) is 12.8 Å². The van der Waals surface area contributed by atoms with Crippen LogP contribution < -0.4 is 25.2 Å². The van der Waals surface area contributed by atoms with Gasteiger partial charge >= 0.3 is 0 Å². The molecule has 2 fully saturated rings. The van der Waals surface area contributed by atoms with Crippen molar-refractivity contribution >= 4 is 35.0 Å². The number of methoxy groups -OCH3 is 1. The Bertz CT molecular complexity index is 1220. The van der Waals surface area contributed by atoms with Crippen LogP contribution in [0.4, 0.5) is 23.1 Å². The highest BCUT2D eigenvalue weighted by molar-refractivity contribution is 6.04. The summed E-state index contributed by atoms with van der Waals surface area (Å²) in [6.45, 7) is 9.28. The molecule has 0 aliphatic carbocycles. The molecule has 11 nitrogen and oxygen atoms in total. The largest absolute Gasteiger partial charge is 0.495 e. The molecule has 11 heteroatoms. The maximum atomic E-state index is 12.9. The summed E-state index contributed by atoms with van der Waals surface area (Å²) in [6, 6.07) is 5.56. The number of likely N-dealkylation sites (N-methyl/N-ethyl adjacent to an activating group) is 1. The fourth-order valence-corrected chi connectivity index (χ4v) is 5.81. The van der Waals surface area contributed by atoms with Crippen molar-refractivity contribution in [3.8, 4) is 5.75 Å². The first-order valence-corrected chi connectivity index (χ1v) is 13.8. The highest BCUT2D eigenvalue weighted by atomic mass is 16.5. The molecule has 0 bridgehead atoms. The molecule has 3 aliphatic rings. The Morgan fingerprint density at radius 1 is 1.31 bits per heavy atom. The average Bonchev–Trinajstić information content (AvgIpc) is 3.41. The summed E-state index contributed by atoms with van der Waals surface area (Å²) in [6.07, 6.45) is 4.75. The minimum absolute atomic E-state index is 0.000609. The Morgan fingerprint density at radius 2 is 2.13 bits per heavy atom. The Hall–Kier alpha value is -3.44. The van der Waals surface area contributed by atoms with Crippen LogP contribution in [0.3, 0.4) is 0 Å². The van der Waals surface area contributed by atoms with Gasteiger partial charge in [0.15, 0.2) is 5.82 Å². The van der Waals surface area contributed by atoms with Crippen molar-refractivity contribution in [1.29, 1.82) is 0 Å². The summed E-state index contributed by atoms with van der Waals surface area (Å²) in [7, 11) is 3.32. The number of hydrogen-bond acceptors (Lipinski definition) is 9. The second kappa shape index (κ2) is 11.4. The zero-order valence-electron chi connectivity index (χ0n) is 23.4. The number of amides is 2. The number of carbonyl (C=O) groups is 2. The minimum atomic E-state index is -0.284. The SMILES string of the molecule is CC[C@@H]1C(=O)N(C)c2cnc(Nc3ccc(C(=O)NCC4CN5CCC[C@@H]5CO4)cc3OC)nc2N1C(C)C. The third-order valence-corrected chi connectivity index (χ3v) is 7.91. The van der Waals surface area contributed by atoms with Gasteiger partial charge in [0.2, 0.25) is 11.9 Å². The van der Waals surface area contributed by atoms with E-state index in [2.05, 4.69) is 39.3 Å². The molecule has 1 aromatic heterocycles. The van der Waals surface area contributed by atoms with Crippen LogP contribution in [0.5, 0.6) is 5.75 Å². The van der Waals surface area contributed by atoms with Crippen LogP contribution in [0, 0.1) is 0 Å². The van der Waals surface area contributed by atoms with E-state index in [0.29, 0.717) is 53.5 Å². The Kier molecular flexibility index (Phi) is 7.90. The van der Waals surface area contributed by atoms with Crippen molar-refractivity contribution in [2.24, 2.45) is 0 Å². The van der Waals surface area contributed by atoms with Gasteiger partial charge < -0.3 is 29.9 Å². The lowest BCUT2D eigenvalue weighted by atomic mass is 10.1. The van der Waals surface area contributed by atoms with E-state index in [9.17, 15) is 9.59 Å².